The molecule has 1 aromatic rings. The Kier molecular flexibility index (Phi) is 10.8. The molecule has 0 N–H and O–H groups in total. The van der Waals surface area contributed by atoms with E-state index in [9.17, 15) is 0 Å². The average molecular weight is 431 g/mol. The molecule has 0 unspecified atom stereocenters. The Morgan fingerprint density at radius 1 is 0.536 bits per heavy atom. The van der Waals surface area contributed by atoms with Crippen LogP contribution in [0.25, 0.3) is 0 Å². The first-order chi connectivity index (χ1) is 11.4. The highest BCUT2D eigenvalue weighted by molar-refractivity contribution is 7.56. The molecule has 28 heavy (non-hydrogen) atoms. The van der Waals surface area contributed by atoms with Crippen molar-refractivity contribution in [3.05, 3.63) is 24.3 Å². The van der Waals surface area contributed by atoms with Crippen molar-refractivity contribution in [1.82, 2.24) is 0 Å². The molecule has 0 aromatic heterocycles. The van der Waals surface area contributed by atoms with Crippen LogP contribution in [0.2, 0.25) is 0 Å². The second-order valence-electron chi connectivity index (χ2n) is 10.9. The van der Waals surface area contributed by atoms with Gasteiger partial charge >= 0.3 is 0 Å². The fourth-order valence-electron chi connectivity index (χ4n) is 3.36. The summed E-state index contributed by atoms with van der Waals surface area (Å²) in [5.74, 6) is 1.83. The van der Waals surface area contributed by atoms with Gasteiger partial charge in [-0.3, -0.25) is 0 Å². The van der Waals surface area contributed by atoms with Crippen LogP contribution in [0.4, 0.5) is 0 Å². The topological polar surface area (TPSA) is 18.5 Å². The van der Waals surface area contributed by atoms with E-state index in [0.717, 1.165) is 11.5 Å². The largest absolute Gasteiger partial charge is 0.473 e. The van der Waals surface area contributed by atoms with Crippen molar-refractivity contribution in [2.75, 3.05) is 0 Å². The Balaban J connectivity index is 0. The summed E-state index contributed by atoms with van der Waals surface area (Å²) < 4.78 is 13.1. The molecule has 2 nitrogen and oxygen atoms in total. The second kappa shape index (κ2) is 10.1. The van der Waals surface area contributed by atoms with Crippen LogP contribution >= 0.6 is 16.3 Å². The summed E-state index contributed by atoms with van der Waals surface area (Å²) in [6.45, 7) is 27.2. The maximum absolute atomic E-state index is 6.53. The SMILES string of the molecule is C.C.CC(C)(C)P(Oc1cccc(OP(C(C)(C)C)C(C)(C)C)c1)C(C)(C)C. The normalized spacial score (nSPS) is 13.1. The molecule has 0 saturated heterocycles. The summed E-state index contributed by atoms with van der Waals surface area (Å²) in [6.07, 6.45) is 0. The Bertz CT molecular complexity index is 507. The average Bonchev–Trinajstić information content (AvgIpc) is 2.37. The van der Waals surface area contributed by atoms with Gasteiger partial charge in [-0.2, -0.15) is 0 Å². The van der Waals surface area contributed by atoms with E-state index in [1.54, 1.807) is 0 Å². The van der Waals surface area contributed by atoms with Crippen molar-refractivity contribution in [3.63, 3.8) is 0 Å². The number of rotatable bonds is 4. The molecule has 0 aliphatic carbocycles. The zero-order chi connectivity index (χ0) is 20.6. The quantitative estimate of drug-likeness (QED) is 0.443. The molecule has 1 rings (SSSR count). The Labute approximate surface area is 179 Å². The molecule has 4 heteroatoms. The van der Waals surface area contributed by atoms with E-state index in [4.69, 9.17) is 9.05 Å². The molecule has 0 spiro atoms. The molecule has 0 radical (unpaired) electrons. The van der Waals surface area contributed by atoms with E-state index in [0.29, 0.717) is 0 Å². The van der Waals surface area contributed by atoms with Crippen LogP contribution in [0, 0.1) is 0 Å². The first-order valence-corrected chi connectivity index (χ1v) is 12.0. The molecule has 0 heterocycles. The van der Waals surface area contributed by atoms with Gasteiger partial charge in [0.2, 0.25) is 0 Å². The van der Waals surface area contributed by atoms with Crippen LogP contribution in [0.1, 0.15) is 97.9 Å². The van der Waals surface area contributed by atoms with Crippen molar-refractivity contribution >= 4 is 16.3 Å². The Morgan fingerprint density at radius 3 is 1.00 bits per heavy atom. The summed E-state index contributed by atoms with van der Waals surface area (Å²) in [7, 11) is -1.29. The molecule has 0 aliphatic heterocycles. The number of benzene rings is 1. The van der Waals surface area contributed by atoms with Crippen LogP contribution in [0.3, 0.4) is 0 Å². The first-order valence-electron chi connectivity index (χ1n) is 9.49. The van der Waals surface area contributed by atoms with Gasteiger partial charge < -0.3 is 9.05 Å². The Hall–Kier alpha value is -0.320. The summed E-state index contributed by atoms with van der Waals surface area (Å²) >= 11 is 0. The van der Waals surface area contributed by atoms with E-state index >= 15 is 0 Å². The van der Waals surface area contributed by atoms with Gasteiger partial charge in [0.1, 0.15) is 11.5 Å². The first kappa shape index (κ1) is 29.9. The molecule has 0 fully saturated rings. The molecular formula is C24H48O2P2. The molecule has 0 amide bonds. The van der Waals surface area contributed by atoms with Crippen LogP contribution in [-0.4, -0.2) is 20.6 Å². The van der Waals surface area contributed by atoms with Gasteiger partial charge in [-0.25, -0.2) is 0 Å². The van der Waals surface area contributed by atoms with Gasteiger partial charge in [0.15, 0.2) is 0 Å². The monoisotopic (exact) mass is 430 g/mol. The number of hydrogen-bond donors (Lipinski definition) is 0. The van der Waals surface area contributed by atoms with Crippen molar-refractivity contribution in [3.8, 4) is 11.5 Å². The third-order valence-corrected chi connectivity index (χ3v) is 9.30. The van der Waals surface area contributed by atoms with Crippen molar-refractivity contribution in [2.45, 2.75) is 119 Å². The molecule has 0 saturated carbocycles. The fraction of sp³-hybridized carbons (Fsp3) is 0.750. The minimum Gasteiger partial charge on any atom is -0.473 e. The molecule has 0 aliphatic rings. The summed E-state index contributed by atoms with van der Waals surface area (Å²) in [5.41, 5.74) is 0. The lowest BCUT2D eigenvalue weighted by Crippen LogP contribution is -2.28. The fourth-order valence-corrected chi connectivity index (χ4v) is 9.13. The van der Waals surface area contributed by atoms with Crippen LogP contribution in [0.15, 0.2) is 24.3 Å². The molecule has 166 valence electrons. The number of hydrogen-bond acceptors (Lipinski definition) is 2. The zero-order valence-corrected chi connectivity index (χ0v) is 20.8. The predicted molar refractivity (Wildman–Crippen MR) is 134 cm³/mol. The standard InChI is InChI=1S/C22H40O2P2.2CH4/c1-19(2,3)25(20(4,5)6)23-17-14-13-15-18(16-17)24-26(21(7,8)9)22(10,11)12;;/h13-16H,1-12H3;2*1H4. The summed E-state index contributed by atoms with van der Waals surface area (Å²) in [4.78, 5) is 0. The highest BCUT2D eigenvalue weighted by Gasteiger charge is 2.39. The van der Waals surface area contributed by atoms with E-state index in [2.05, 4.69) is 101 Å². The lowest BCUT2D eigenvalue weighted by atomic mass is 10.2. The van der Waals surface area contributed by atoms with E-state index in [1.807, 2.05) is 6.07 Å². The second-order valence-corrected chi connectivity index (χ2v) is 17.8. The maximum atomic E-state index is 6.53. The van der Waals surface area contributed by atoms with Crippen molar-refractivity contribution in [2.24, 2.45) is 0 Å². The summed E-state index contributed by atoms with van der Waals surface area (Å²) in [6, 6.07) is 8.22. The molecular weight excluding hydrogens is 382 g/mol. The minimum atomic E-state index is -0.647. The third-order valence-electron chi connectivity index (χ3n) is 3.64. The van der Waals surface area contributed by atoms with Crippen LogP contribution in [0.5, 0.6) is 11.5 Å². The molecule has 1 aromatic carbocycles. The lowest BCUT2D eigenvalue weighted by Gasteiger charge is -2.40. The molecule has 0 atom stereocenters. The van der Waals surface area contributed by atoms with E-state index in [1.165, 1.54) is 0 Å². The van der Waals surface area contributed by atoms with Gasteiger partial charge in [-0.05, 0) is 12.1 Å². The van der Waals surface area contributed by atoms with Gasteiger partial charge in [0, 0.05) is 26.7 Å². The third kappa shape index (κ3) is 9.00. The summed E-state index contributed by atoms with van der Waals surface area (Å²) in [5, 5.41) is 0.476. The van der Waals surface area contributed by atoms with Gasteiger partial charge in [0.25, 0.3) is 0 Å². The van der Waals surface area contributed by atoms with E-state index < -0.39 is 16.3 Å². The van der Waals surface area contributed by atoms with Crippen LogP contribution in [-0.2, 0) is 0 Å². The highest BCUT2D eigenvalue weighted by Crippen LogP contribution is 2.61. The van der Waals surface area contributed by atoms with E-state index in [-0.39, 0.29) is 35.5 Å². The van der Waals surface area contributed by atoms with Crippen molar-refractivity contribution in [1.29, 1.82) is 0 Å². The highest BCUT2D eigenvalue weighted by atomic mass is 31.1. The maximum Gasteiger partial charge on any atom is 0.127 e. The van der Waals surface area contributed by atoms with Gasteiger partial charge in [-0.1, -0.05) is 104 Å². The minimum absolute atomic E-state index is 0. The molecule has 0 bridgehead atoms. The van der Waals surface area contributed by atoms with Crippen LogP contribution < -0.4 is 9.05 Å². The lowest BCUT2D eigenvalue weighted by molar-refractivity contribution is 0.516. The zero-order valence-electron chi connectivity index (χ0n) is 19.0. The van der Waals surface area contributed by atoms with Gasteiger partial charge in [0.05, 0.1) is 16.3 Å². The smallest absolute Gasteiger partial charge is 0.127 e. The van der Waals surface area contributed by atoms with Crippen molar-refractivity contribution < 1.29 is 9.05 Å². The van der Waals surface area contributed by atoms with Gasteiger partial charge in [-0.15, -0.1) is 0 Å². The predicted octanol–water partition coefficient (Wildman–Crippen LogP) is 9.70. The Morgan fingerprint density at radius 2 is 0.786 bits per heavy atom.